The van der Waals surface area contributed by atoms with Crippen LogP contribution in [-0.2, 0) is 13.0 Å². The van der Waals surface area contributed by atoms with Crippen molar-refractivity contribution in [3.63, 3.8) is 0 Å². The van der Waals surface area contributed by atoms with Gasteiger partial charge in [0.05, 0.1) is 21.3 Å². The molecule has 0 spiro atoms. The molecule has 0 amide bonds. The molecule has 4 rings (SSSR count). The van der Waals surface area contributed by atoms with E-state index >= 15 is 0 Å². The van der Waals surface area contributed by atoms with Crippen molar-refractivity contribution >= 4 is 0 Å². The second-order valence-electron chi connectivity index (χ2n) is 7.05. The summed E-state index contributed by atoms with van der Waals surface area (Å²) in [7, 11) is 4.97. The molecule has 2 aromatic rings. The average molecular weight is 355 g/mol. The molecule has 26 heavy (non-hydrogen) atoms. The fraction of sp³-hybridized carbons (Fsp3) is 0.429. The second kappa shape index (κ2) is 6.40. The minimum Gasteiger partial charge on any atom is -0.504 e. The highest BCUT2D eigenvalue weighted by Gasteiger charge is 2.39. The van der Waals surface area contributed by atoms with Gasteiger partial charge in [0.2, 0.25) is 0 Å². The third-order valence-corrected chi connectivity index (χ3v) is 5.83. The molecule has 0 saturated heterocycles. The lowest BCUT2D eigenvalue weighted by atomic mass is 9.77. The van der Waals surface area contributed by atoms with Gasteiger partial charge in [-0.3, -0.25) is 4.90 Å². The van der Waals surface area contributed by atoms with Crippen LogP contribution in [0.3, 0.4) is 0 Å². The van der Waals surface area contributed by atoms with Crippen LogP contribution in [-0.4, -0.2) is 37.9 Å². The first-order valence-corrected chi connectivity index (χ1v) is 8.96. The monoisotopic (exact) mass is 355 g/mol. The lowest BCUT2D eigenvalue weighted by Gasteiger charge is -2.45. The van der Waals surface area contributed by atoms with Crippen LogP contribution in [0.4, 0.5) is 0 Å². The Hall–Kier alpha value is -2.40. The molecule has 0 unspecified atom stereocenters. The Morgan fingerprint density at radius 1 is 1.00 bits per heavy atom. The van der Waals surface area contributed by atoms with Crippen LogP contribution in [0.25, 0.3) is 0 Å². The Kier molecular flexibility index (Phi) is 4.19. The molecule has 2 aliphatic heterocycles. The number of phenols is 1. The maximum atomic E-state index is 10.1. The van der Waals surface area contributed by atoms with E-state index in [1.165, 1.54) is 22.3 Å². The third-order valence-electron chi connectivity index (χ3n) is 5.83. The van der Waals surface area contributed by atoms with Crippen LogP contribution < -0.4 is 14.2 Å². The largest absolute Gasteiger partial charge is 0.504 e. The van der Waals surface area contributed by atoms with E-state index in [0.29, 0.717) is 11.7 Å². The summed E-state index contributed by atoms with van der Waals surface area (Å²) in [6, 6.07) is 8.28. The van der Waals surface area contributed by atoms with Gasteiger partial charge in [-0.2, -0.15) is 0 Å². The Morgan fingerprint density at radius 2 is 1.77 bits per heavy atom. The molecule has 5 heteroatoms. The number of hydrogen-bond acceptors (Lipinski definition) is 5. The Morgan fingerprint density at radius 3 is 2.46 bits per heavy atom. The van der Waals surface area contributed by atoms with Gasteiger partial charge in [-0.15, -0.1) is 0 Å². The fourth-order valence-electron chi connectivity index (χ4n) is 4.61. The molecule has 0 bridgehead atoms. The van der Waals surface area contributed by atoms with Crippen molar-refractivity contribution in [2.75, 3.05) is 27.9 Å². The van der Waals surface area contributed by atoms with E-state index in [9.17, 15) is 5.11 Å². The van der Waals surface area contributed by atoms with Gasteiger partial charge in [0, 0.05) is 30.6 Å². The number of methoxy groups -OCH3 is 3. The minimum absolute atomic E-state index is 0.218. The van der Waals surface area contributed by atoms with Crippen LogP contribution in [0.5, 0.6) is 23.0 Å². The van der Waals surface area contributed by atoms with Crippen LogP contribution >= 0.6 is 0 Å². The first-order chi connectivity index (χ1) is 12.6. The highest BCUT2D eigenvalue weighted by molar-refractivity contribution is 5.55. The molecular weight excluding hydrogens is 330 g/mol. The molecule has 138 valence electrons. The van der Waals surface area contributed by atoms with E-state index in [-0.39, 0.29) is 11.8 Å². The second-order valence-corrected chi connectivity index (χ2v) is 7.05. The van der Waals surface area contributed by atoms with Gasteiger partial charge in [-0.05, 0) is 41.3 Å². The normalized spacial score (nSPS) is 21.4. The Labute approximate surface area is 154 Å². The van der Waals surface area contributed by atoms with Crippen molar-refractivity contribution in [1.29, 1.82) is 0 Å². The number of ether oxygens (including phenoxy) is 3. The first kappa shape index (κ1) is 17.0. The van der Waals surface area contributed by atoms with Crippen LogP contribution in [0, 0.1) is 0 Å². The fourth-order valence-corrected chi connectivity index (χ4v) is 4.61. The van der Waals surface area contributed by atoms with Crippen molar-refractivity contribution in [3.05, 3.63) is 46.5 Å². The third kappa shape index (κ3) is 2.42. The van der Waals surface area contributed by atoms with Crippen molar-refractivity contribution in [1.82, 2.24) is 4.90 Å². The zero-order valence-corrected chi connectivity index (χ0v) is 15.7. The number of hydrogen-bond donors (Lipinski definition) is 1. The molecule has 5 nitrogen and oxygen atoms in total. The molecule has 2 heterocycles. The molecule has 2 atom stereocenters. The molecular formula is C21H25NO4. The lowest BCUT2D eigenvalue weighted by Crippen LogP contribution is -2.41. The zero-order chi connectivity index (χ0) is 18.4. The Balaban J connectivity index is 1.83. The topological polar surface area (TPSA) is 51.2 Å². The summed E-state index contributed by atoms with van der Waals surface area (Å²) < 4.78 is 16.5. The molecule has 0 saturated carbocycles. The number of rotatable bonds is 3. The molecule has 0 fully saturated rings. The summed E-state index contributed by atoms with van der Waals surface area (Å²) in [4.78, 5) is 2.49. The summed E-state index contributed by atoms with van der Waals surface area (Å²) in [6.45, 7) is 4.04. The highest BCUT2D eigenvalue weighted by atomic mass is 16.5. The van der Waals surface area contributed by atoms with Gasteiger partial charge < -0.3 is 19.3 Å². The van der Waals surface area contributed by atoms with Gasteiger partial charge in [0.15, 0.2) is 23.0 Å². The predicted molar refractivity (Wildman–Crippen MR) is 99.5 cm³/mol. The van der Waals surface area contributed by atoms with Crippen LogP contribution in [0.1, 0.15) is 41.1 Å². The van der Waals surface area contributed by atoms with E-state index in [1.54, 1.807) is 21.3 Å². The van der Waals surface area contributed by atoms with Crippen molar-refractivity contribution < 1.29 is 19.3 Å². The number of fused-ring (bicyclic) bond motifs is 4. The SMILES string of the molecule is COc1cc2c(cc1O)CCN1Cc3c(ccc(OC)c3OC)[C@H](C)[C@H]21. The van der Waals surface area contributed by atoms with Crippen LogP contribution in [0.2, 0.25) is 0 Å². The van der Waals surface area contributed by atoms with Gasteiger partial charge in [0.25, 0.3) is 0 Å². The van der Waals surface area contributed by atoms with E-state index < -0.39 is 0 Å². The number of aromatic hydroxyl groups is 1. The number of phenolic OH excluding ortho intramolecular Hbond substituents is 1. The molecule has 2 aromatic carbocycles. The van der Waals surface area contributed by atoms with Crippen molar-refractivity contribution in [2.45, 2.75) is 31.8 Å². The average Bonchev–Trinajstić information content (AvgIpc) is 2.66. The minimum atomic E-state index is 0.218. The summed E-state index contributed by atoms with van der Waals surface area (Å²) in [5, 5.41) is 10.1. The first-order valence-electron chi connectivity index (χ1n) is 8.96. The zero-order valence-electron chi connectivity index (χ0n) is 15.7. The summed E-state index contributed by atoms with van der Waals surface area (Å²) in [5.41, 5.74) is 4.97. The van der Waals surface area contributed by atoms with E-state index in [0.717, 1.165) is 31.0 Å². The van der Waals surface area contributed by atoms with E-state index in [4.69, 9.17) is 14.2 Å². The smallest absolute Gasteiger partial charge is 0.165 e. The van der Waals surface area contributed by atoms with Gasteiger partial charge in [-0.1, -0.05) is 13.0 Å². The van der Waals surface area contributed by atoms with Crippen molar-refractivity contribution in [2.24, 2.45) is 0 Å². The Bertz CT molecular complexity index is 848. The quantitative estimate of drug-likeness (QED) is 0.911. The summed E-state index contributed by atoms with van der Waals surface area (Å²) in [5.74, 6) is 2.67. The predicted octanol–water partition coefficient (Wildman–Crippen LogP) is 3.63. The van der Waals surface area contributed by atoms with Gasteiger partial charge in [0.1, 0.15) is 0 Å². The lowest BCUT2D eigenvalue weighted by molar-refractivity contribution is 0.136. The van der Waals surface area contributed by atoms with Crippen LogP contribution in [0.15, 0.2) is 24.3 Å². The van der Waals surface area contributed by atoms with E-state index in [1.807, 2.05) is 18.2 Å². The molecule has 0 aromatic heterocycles. The van der Waals surface area contributed by atoms with Gasteiger partial charge >= 0.3 is 0 Å². The van der Waals surface area contributed by atoms with Crippen molar-refractivity contribution in [3.8, 4) is 23.0 Å². The molecule has 0 aliphatic carbocycles. The molecule has 1 N–H and O–H groups in total. The summed E-state index contributed by atoms with van der Waals surface area (Å²) >= 11 is 0. The summed E-state index contributed by atoms with van der Waals surface area (Å²) in [6.07, 6.45) is 0.914. The maximum absolute atomic E-state index is 10.1. The van der Waals surface area contributed by atoms with E-state index in [2.05, 4.69) is 17.9 Å². The standard InChI is InChI=1S/C21H25NO4/c1-12-14-5-6-18(24-2)21(26-4)16(14)11-22-8-7-13-9-17(23)19(25-3)10-15(13)20(12)22/h5-6,9-10,12,20,23H,7-8,11H2,1-4H3/t12-,20+/m0/s1. The maximum Gasteiger partial charge on any atom is 0.165 e. The van der Waals surface area contributed by atoms with Gasteiger partial charge in [-0.25, -0.2) is 0 Å². The highest BCUT2D eigenvalue weighted by Crippen LogP contribution is 2.50. The number of benzene rings is 2. The molecule has 2 aliphatic rings. The molecule has 0 radical (unpaired) electrons. The number of nitrogens with zero attached hydrogens (tertiary/aromatic N) is 1.